The molecule has 0 aromatic heterocycles. The Morgan fingerprint density at radius 3 is 2.50 bits per heavy atom. The Bertz CT molecular complexity index is 273. The molecular weight excluding hydrogens is 266 g/mol. The molecule has 2 aliphatic rings. The summed E-state index contributed by atoms with van der Waals surface area (Å²) in [6, 6.07) is 0. The lowest BCUT2D eigenvalue weighted by Gasteiger charge is -2.37. The predicted octanol–water partition coefficient (Wildman–Crippen LogP) is 3.58. The topological polar surface area (TPSA) is 29.1 Å². The van der Waals surface area contributed by atoms with Gasteiger partial charge in [-0.05, 0) is 43.1 Å². The molecule has 2 fully saturated rings. The van der Waals surface area contributed by atoms with Crippen LogP contribution in [0, 0.1) is 5.92 Å². The molecule has 2 rings (SSSR count). The molecule has 1 aliphatic carbocycles. The number of carbonyl (C=O) groups excluding carboxylic acids is 1. The van der Waals surface area contributed by atoms with Gasteiger partial charge in [-0.3, -0.25) is 4.79 Å². The highest BCUT2D eigenvalue weighted by Gasteiger charge is 2.33. The maximum Gasteiger partial charge on any atom is 0.220 e. The highest BCUT2D eigenvalue weighted by atomic mass is 35.5. The molecule has 0 aromatic rings. The lowest BCUT2D eigenvalue weighted by molar-refractivity contribution is -0.124. The average molecular weight is 290 g/mol. The summed E-state index contributed by atoms with van der Waals surface area (Å²) in [5.41, 5.74) is -0.0969. The van der Waals surface area contributed by atoms with E-state index in [1.54, 1.807) is 0 Å². The number of halogens is 1. The average Bonchev–Trinajstić information content (AvgIpc) is 2.41. The van der Waals surface area contributed by atoms with E-state index in [0.717, 1.165) is 12.8 Å². The fourth-order valence-corrected chi connectivity index (χ4v) is 4.62. The van der Waals surface area contributed by atoms with E-state index < -0.39 is 0 Å². The minimum absolute atomic E-state index is 0.0969. The Morgan fingerprint density at radius 1 is 1.22 bits per heavy atom. The summed E-state index contributed by atoms with van der Waals surface area (Å²) in [5, 5.41) is 3.25. The highest BCUT2D eigenvalue weighted by molar-refractivity contribution is 7.99. The summed E-state index contributed by atoms with van der Waals surface area (Å²) in [6.45, 7) is 0. The number of rotatable bonds is 4. The first kappa shape index (κ1) is 14.5. The molecule has 1 amide bonds. The quantitative estimate of drug-likeness (QED) is 0.802. The van der Waals surface area contributed by atoms with Crippen molar-refractivity contribution in [2.24, 2.45) is 5.92 Å². The Kier molecular flexibility index (Phi) is 5.68. The van der Waals surface area contributed by atoms with E-state index in [0.29, 0.717) is 18.2 Å². The fourth-order valence-electron chi connectivity index (χ4n) is 3.08. The Balaban J connectivity index is 1.81. The zero-order valence-electron chi connectivity index (χ0n) is 11.0. The Hall–Kier alpha value is 0.110. The van der Waals surface area contributed by atoms with Crippen molar-refractivity contribution in [3.63, 3.8) is 0 Å². The number of alkyl halides is 1. The fraction of sp³-hybridized carbons (Fsp3) is 0.929. The van der Waals surface area contributed by atoms with Crippen LogP contribution in [0.2, 0.25) is 0 Å². The van der Waals surface area contributed by atoms with Crippen molar-refractivity contribution in [2.45, 2.75) is 56.9 Å². The minimum atomic E-state index is -0.0969. The summed E-state index contributed by atoms with van der Waals surface area (Å²) in [4.78, 5) is 12.2. The van der Waals surface area contributed by atoms with E-state index in [1.165, 1.54) is 43.6 Å². The van der Waals surface area contributed by atoms with Crippen molar-refractivity contribution in [1.29, 1.82) is 0 Å². The third-order valence-corrected chi connectivity index (χ3v) is 5.85. The van der Waals surface area contributed by atoms with Crippen LogP contribution in [0.5, 0.6) is 0 Å². The molecule has 0 aromatic carbocycles. The van der Waals surface area contributed by atoms with E-state index in [9.17, 15) is 4.79 Å². The molecule has 1 N–H and O–H groups in total. The van der Waals surface area contributed by atoms with Gasteiger partial charge in [0, 0.05) is 12.3 Å². The first-order valence-corrected chi connectivity index (χ1v) is 8.88. The molecule has 104 valence electrons. The van der Waals surface area contributed by atoms with Gasteiger partial charge in [0.1, 0.15) is 0 Å². The van der Waals surface area contributed by atoms with Gasteiger partial charge in [-0.2, -0.15) is 11.8 Å². The zero-order chi connectivity index (χ0) is 12.8. The molecular formula is C14H24ClNOS. The monoisotopic (exact) mass is 289 g/mol. The van der Waals surface area contributed by atoms with Gasteiger partial charge in [0.25, 0.3) is 0 Å². The number of hydrogen-bond acceptors (Lipinski definition) is 2. The lowest BCUT2D eigenvalue weighted by Crippen LogP contribution is -2.51. The third kappa shape index (κ3) is 4.06. The molecule has 2 nitrogen and oxygen atoms in total. The molecule has 0 atom stereocenters. The summed E-state index contributed by atoms with van der Waals surface area (Å²) < 4.78 is 0. The molecule has 1 aliphatic heterocycles. The summed E-state index contributed by atoms with van der Waals surface area (Å²) in [6.07, 6.45) is 8.91. The summed E-state index contributed by atoms with van der Waals surface area (Å²) in [5.74, 6) is 3.84. The van der Waals surface area contributed by atoms with Crippen LogP contribution in [-0.4, -0.2) is 28.8 Å². The molecule has 0 unspecified atom stereocenters. The van der Waals surface area contributed by atoms with Gasteiger partial charge < -0.3 is 5.32 Å². The van der Waals surface area contributed by atoms with E-state index >= 15 is 0 Å². The van der Waals surface area contributed by atoms with Crippen LogP contribution in [0.25, 0.3) is 0 Å². The van der Waals surface area contributed by atoms with E-state index in [2.05, 4.69) is 5.32 Å². The Morgan fingerprint density at radius 2 is 1.89 bits per heavy atom. The smallest absolute Gasteiger partial charge is 0.220 e. The maximum absolute atomic E-state index is 12.2. The van der Waals surface area contributed by atoms with Crippen molar-refractivity contribution in [1.82, 2.24) is 5.32 Å². The molecule has 0 spiro atoms. The largest absolute Gasteiger partial charge is 0.349 e. The number of amides is 1. The normalized spacial score (nSPS) is 24.7. The lowest BCUT2D eigenvalue weighted by atomic mass is 9.83. The second-order valence-corrected chi connectivity index (χ2v) is 7.27. The minimum Gasteiger partial charge on any atom is -0.349 e. The van der Waals surface area contributed by atoms with Gasteiger partial charge in [-0.25, -0.2) is 0 Å². The van der Waals surface area contributed by atoms with Crippen LogP contribution in [0.3, 0.4) is 0 Å². The van der Waals surface area contributed by atoms with Crippen molar-refractivity contribution >= 4 is 29.3 Å². The van der Waals surface area contributed by atoms with Crippen LogP contribution in [0.1, 0.15) is 51.4 Å². The van der Waals surface area contributed by atoms with Gasteiger partial charge in [0.2, 0.25) is 5.91 Å². The van der Waals surface area contributed by atoms with Gasteiger partial charge in [-0.15, -0.1) is 11.6 Å². The van der Waals surface area contributed by atoms with E-state index in [-0.39, 0.29) is 11.4 Å². The number of thioether (sulfide) groups is 1. The van der Waals surface area contributed by atoms with Crippen LogP contribution >= 0.6 is 23.4 Å². The molecule has 0 radical (unpaired) electrons. The van der Waals surface area contributed by atoms with Crippen LogP contribution < -0.4 is 5.32 Å². The number of carbonyl (C=O) groups is 1. The molecule has 4 heteroatoms. The van der Waals surface area contributed by atoms with Crippen molar-refractivity contribution in [3.8, 4) is 0 Å². The SMILES string of the molecule is O=C(CC1CCSCC1)NC1(CCl)CCCCC1. The third-order valence-electron chi connectivity index (χ3n) is 4.29. The molecule has 0 bridgehead atoms. The highest BCUT2D eigenvalue weighted by Crippen LogP contribution is 2.30. The van der Waals surface area contributed by atoms with E-state index in [1.807, 2.05) is 11.8 Å². The van der Waals surface area contributed by atoms with Crippen molar-refractivity contribution in [3.05, 3.63) is 0 Å². The Labute approximate surface area is 120 Å². The zero-order valence-corrected chi connectivity index (χ0v) is 12.6. The second kappa shape index (κ2) is 7.04. The van der Waals surface area contributed by atoms with Gasteiger partial charge in [0.15, 0.2) is 0 Å². The predicted molar refractivity (Wildman–Crippen MR) is 79.3 cm³/mol. The van der Waals surface area contributed by atoms with Crippen LogP contribution in [0.4, 0.5) is 0 Å². The summed E-state index contributed by atoms with van der Waals surface area (Å²) in [7, 11) is 0. The number of hydrogen-bond donors (Lipinski definition) is 1. The van der Waals surface area contributed by atoms with Crippen molar-refractivity contribution < 1.29 is 4.79 Å². The first-order chi connectivity index (χ1) is 8.74. The number of nitrogens with one attached hydrogen (secondary N) is 1. The maximum atomic E-state index is 12.2. The van der Waals surface area contributed by atoms with Gasteiger partial charge >= 0.3 is 0 Å². The standard InChI is InChI=1S/C14H24ClNOS/c15-11-14(6-2-1-3-7-14)16-13(17)10-12-4-8-18-9-5-12/h12H,1-11H2,(H,16,17). The van der Waals surface area contributed by atoms with E-state index in [4.69, 9.17) is 11.6 Å². The summed E-state index contributed by atoms with van der Waals surface area (Å²) >= 11 is 8.12. The van der Waals surface area contributed by atoms with Gasteiger partial charge in [-0.1, -0.05) is 19.3 Å². The van der Waals surface area contributed by atoms with Crippen molar-refractivity contribution in [2.75, 3.05) is 17.4 Å². The van der Waals surface area contributed by atoms with Crippen LogP contribution in [-0.2, 0) is 4.79 Å². The van der Waals surface area contributed by atoms with Crippen LogP contribution in [0.15, 0.2) is 0 Å². The first-order valence-electron chi connectivity index (χ1n) is 7.19. The second-order valence-electron chi connectivity index (χ2n) is 5.78. The molecule has 1 saturated heterocycles. The molecule has 1 heterocycles. The van der Waals surface area contributed by atoms with Gasteiger partial charge in [0.05, 0.1) is 5.54 Å². The molecule has 1 saturated carbocycles. The molecule has 18 heavy (non-hydrogen) atoms.